The highest BCUT2D eigenvalue weighted by Crippen LogP contribution is 2.35. The monoisotopic (exact) mass is 197 g/mol. The van der Waals surface area contributed by atoms with Crippen molar-refractivity contribution in [3.63, 3.8) is 0 Å². The molecule has 14 heavy (non-hydrogen) atoms. The van der Waals surface area contributed by atoms with Crippen molar-refractivity contribution < 1.29 is 14.6 Å². The molecule has 4 heteroatoms. The lowest BCUT2D eigenvalue weighted by Gasteiger charge is -2.14. The van der Waals surface area contributed by atoms with Crippen LogP contribution in [0.1, 0.15) is 5.56 Å². The molecule has 78 valence electrons. The van der Waals surface area contributed by atoms with Crippen molar-refractivity contribution in [1.82, 2.24) is 0 Å². The molecule has 0 radical (unpaired) electrons. The molecule has 0 saturated heterocycles. The average molecular weight is 197 g/mol. The molecule has 0 unspecified atom stereocenters. The number of hydrogen-bond donors (Lipinski definition) is 2. The average Bonchev–Trinajstić information content (AvgIpc) is 2.26. The zero-order valence-corrected chi connectivity index (χ0v) is 8.63. The number of aliphatic hydroxyl groups is 1. The Morgan fingerprint density at radius 2 is 2.00 bits per heavy atom. The second-order valence-corrected chi connectivity index (χ2v) is 2.74. The molecule has 0 bridgehead atoms. The summed E-state index contributed by atoms with van der Waals surface area (Å²) in [5, 5.41) is 12.2. The van der Waals surface area contributed by atoms with Crippen LogP contribution in [0.3, 0.4) is 0 Å². The maximum absolute atomic E-state index is 9.19. The third-order valence-corrected chi connectivity index (χ3v) is 2.07. The van der Waals surface area contributed by atoms with Crippen molar-refractivity contribution in [3.8, 4) is 11.5 Å². The van der Waals surface area contributed by atoms with E-state index in [4.69, 9.17) is 9.47 Å². The van der Waals surface area contributed by atoms with E-state index in [0.29, 0.717) is 17.1 Å². The first-order valence-corrected chi connectivity index (χ1v) is 4.31. The lowest BCUT2D eigenvalue weighted by Crippen LogP contribution is -2.00. The lowest BCUT2D eigenvalue weighted by atomic mass is 10.1. The van der Waals surface area contributed by atoms with Gasteiger partial charge in [-0.3, -0.25) is 0 Å². The Hall–Kier alpha value is -1.42. The molecule has 1 aromatic rings. The SMILES string of the molecule is CNc1ccc(OC)c(CO)c1OC. The van der Waals surface area contributed by atoms with Crippen molar-refractivity contribution >= 4 is 5.69 Å². The summed E-state index contributed by atoms with van der Waals surface area (Å²) in [5.74, 6) is 1.25. The molecule has 0 fully saturated rings. The van der Waals surface area contributed by atoms with Crippen LogP contribution < -0.4 is 14.8 Å². The maximum atomic E-state index is 9.19. The van der Waals surface area contributed by atoms with Gasteiger partial charge >= 0.3 is 0 Å². The predicted octanol–water partition coefficient (Wildman–Crippen LogP) is 1.24. The zero-order valence-electron chi connectivity index (χ0n) is 8.63. The molecule has 1 aromatic carbocycles. The summed E-state index contributed by atoms with van der Waals surface area (Å²) < 4.78 is 10.3. The zero-order chi connectivity index (χ0) is 10.6. The first-order valence-electron chi connectivity index (χ1n) is 4.31. The Morgan fingerprint density at radius 1 is 1.29 bits per heavy atom. The van der Waals surface area contributed by atoms with Gasteiger partial charge in [-0.15, -0.1) is 0 Å². The molecule has 0 atom stereocenters. The van der Waals surface area contributed by atoms with Crippen LogP contribution in [0.15, 0.2) is 12.1 Å². The van der Waals surface area contributed by atoms with Crippen molar-refractivity contribution in [2.24, 2.45) is 0 Å². The van der Waals surface area contributed by atoms with E-state index in [0.717, 1.165) is 5.69 Å². The van der Waals surface area contributed by atoms with Gasteiger partial charge in [-0.2, -0.15) is 0 Å². The van der Waals surface area contributed by atoms with Gasteiger partial charge in [0.15, 0.2) is 5.75 Å². The number of anilines is 1. The maximum Gasteiger partial charge on any atom is 0.151 e. The minimum atomic E-state index is -0.109. The second-order valence-electron chi connectivity index (χ2n) is 2.74. The number of methoxy groups -OCH3 is 2. The van der Waals surface area contributed by atoms with Crippen LogP contribution in [-0.4, -0.2) is 26.4 Å². The minimum absolute atomic E-state index is 0.109. The summed E-state index contributed by atoms with van der Waals surface area (Å²) in [7, 11) is 4.92. The summed E-state index contributed by atoms with van der Waals surface area (Å²) in [4.78, 5) is 0. The van der Waals surface area contributed by atoms with Crippen LogP contribution in [0, 0.1) is 0 Å². The standard InChI is InChI=1S/C10H15NO3/c1-11-8-4-5-9(13-2)7(6-12)10(8)14-3/h4-5,11-12H,6H2,1-3H3. The van der Waals surface area contributed by atoms with E-state index < -0.39 is 0 Å². The third-order valence-electron chi connectivity index (χ3n) is 2.07. The molecule has 4 nitrogen and oxygen atoms in total. The topological polar surface area (TPSA) is 50.7 Å². The smallest absolute Gasteiger partial charge is 0.151 e. The second kappa shape index (κ2) is 4.72. The normalized spacial score (nSPS) is 9.71. The van der Waals surface area contributed by atoms with Gasteiger partial charge < -0.3 is 19.9 Å². The van der Waals surface area contributed by atoms with E-state index in [9.17, 15) is 5.11 Å². The highest BCUT2D eigenvalue weighted by atomic mass is 16.5. The van der Waals surface area contributed by atoms with E-state index in [1.165, 1.54) is 0 Å². The molecule has 0 aliphatic carbocycles. The Kier molecular flexibility index (Phi) is 3.59. The first kappa shape index (κ1) is 10.7. The molecule has 0 saturated carbocycles. The first-order chi connectivity index (χ1) is 6.78. The van der Waals surface area contributed by atoms with Gasteiger partial charge in [0, 0.05) is 7.05 Å². The molecule has 0 aliphatic rings. The number of aliphatic hydroxyl groups excluding tert-OH is 1. The van der Waals surface area contributed by atoms with E-state index in [2.05, 4.69) is 5.32 Å². The molecule has 0 aromatic heterocycles. The summed E-state index contributed by atoms with van der Waals surface area (Å²) >= 11 is 0. The van der Waals surface area contributed by atoms with Gasteiger partial charge in [0.1, 0.15) is 5.75 Å². The molecule has 0 spiro atoms. The summed E-state index contributed by atoms with van der Waals surface area (Å²) in [6, 6.07) is 3.64. The Labute approximate surface area is 83.5 Å². The molecule has 2 N–H and O–H groups in total. The number of nitrogens with one attached hydrogen (secondary N) is 1. The van der Waals surface area contributed by atoms with E-state index in [-0.39, 0.29) is 6.61 Å². The number of benzene rings is 1. The fourth-order valence-corrected chi connectivity index (χ4v) is 1.38. The summed E-state index contributed by atoms with van der Waals surface area (Å²) in [6.45, 7) is -0.109. The number of rotatable bonds is 4. The fraction of sp³-hybridized carbons (Fsp3) is 0.400. The Morgan fingerprint density at radius 3 is 2.43 bits per heavy atom. The summed E-state index contributed by atoms with van der Waals surface area (Å²) in [6.07, 6.45) is 0. The highest BCUT2D eigenvalue weighted by molar-refractivity contribution is 5.63. The largest absolute Gasteiger partial charge is 0.496 e. The molecule has 0 amide bonds. The number of ether oxygens (including phenoxy) is 2. The fourth-order valence-electron chi connectivity index (χ4n) is 1.38. The van der Waals surface area contributed by atoms with E-state index in [1.807, 2.05) is 6.07 Å². The van der Waals surface area contributed by atoms with Crippen LogP contribution in [0.2, 0.25) is 0 Å². The van der Waals surface area contributed by atoms with Crippen LogP contribution in [-0.2, 0) is 6.61 Å². The minimum Gasteiger partial charge on any atom is -0.496 e. The quantitative estimate of drug-likeness (QED) is 0.762. The number of hydrogen-bond acceptors (Lipinski definition) is 4. The van der Waals surface area contributed by atoms with Crippen LogP contribution in [0.25, 0.3) is 0 Å². The Balaban J connectivity index is 3.28. The van der Waals surface area contributed by atoms with Gasteiger partial charge in [0.2, 0.25) is 0 Å². The van der Waals surface area contributed by atoms with Gasteiger partial charge in [0.25, 0.3) is 0 Å². The van der Waals surface area contributed by atoms with Gasteiger partial charge in [-0.1, -0.05) is 0 Å². The molecule has 0 aliphatic heterocycles. The molecule has 0 heterocycles. The Bertz CT molecular complexity index is 281. The molecule has 1 rings (SSSR count). The molecular formula is C10H15NO3. The third kappa shape index (κ3) is 1.75. The van der Waals surface area contributed by atoms with Crippen molar-refractivity contribution in [1.29, 1.82) is 0 Å². The van der Waals surface area contributed by atoms with Gasteiger partial charge in [0.05, 0.1) is 32.1 Å². The van der Waals surface area contributed by atoms with Crippen LogP contribution in [0.5, 0.6) is 11.5 Å². The van der Waals surface area contributed by atoms with Crippen molar-refractivity contribution in [2.75, 3.05) is 26.6 Å². The van der Waals surface area contributed by atoms with E-state index in [1.54, 1.807) is 27.3 Å². The van der Waals surface area contributed by atoms with Crippen LogP contribution >= 0.6 is 0 Å². The highest BCUT2D eigenvalue weighted by Gasteiger charge is 2.12. The summed E-state index contributed by atoms with van der Waals surface area (Å²) in [5.41, 5.74) is 1.49. The van der Waals surface area contributed by atoms with Crippen LogP contribution in [0.4, 0.5) is 5.69 Å². The molecular weight excluding hydrogens is 182 g/mol. The van der Waals surface area contributed by atoms with Gasteiger partial charge in [-0.25, -0.2) is 0 Å². The van der Waals surface area contributed by atoms with Crippen molar-refractivity contribution in [3.05, 3.63) is 17.7 Å². The van der Waals surface area contributed by atoms with E-state index >= 15 is 0 Å². The lowest BCUT2D eigenvalue weighted by molar-refractivity contribution is 0.265. The van der Waals surface area contributed by atoms with Crippen molar-refractivity contribution in [2.45, 2.75) is 6.61 Å². The van der Waals surface area contributed by atoms with Gasteiger partial charge in [-0.05, 0) is 12.1 Å². The predicted molar refractivity (Wildman–Crippen MR) is 55.0 cm³/mol.